The number of aromatic amines is 1. The van der Waals surface area contributed by atoms with Crippen molar-refractivity contribution in [3.8, 4) is 33.8 Å². The van der Waals surface area contributed by atoms with Gasteiger partial charge in [0.25, 0.3) is 5.56 Å². The first-order chi connectivity index (χ1) is 12.9. The first-order valence-electron chi connectivity index (χ1n) is 7.70. The van der Waals surface area contributed by atoms with Crippen LogP contribution in [0.25, 0.3) is 32.5 Å². The molecule has 0 saturated heterocycles. The Labute approximate surface area is 159 Å². The molecule has 0 atom stereocenters. The number of thiophene rings is 1. The van der Waals surface area contributed by atoms with E-state index in [9.17, 15) is 23.8 Å². The van der Waals surface area contributed by atoms with Gasteiger partial charge in [-0.3, -0.25) is 4.79 Å². The highest BCUT2D eigenvalue weighted by Gasteiger charge is 2.25. The van der Waals surface area contributed by atoms with E-state index in [1.54, 1.807) is 30.3 Å². The Morgan fingerprint density at radius 1 is 0.963 bits per heavy atom. The van der Waals surface area contributed by atoms with Gasteiger partial charge >= 0.3 is 0 Å². The van der Waals surface area contributed by atoms with E-state index >= 15 is 0 Å². The molecule has 0 unspecified atom stereocenters. The number of hydrogen-bond donors (Lipinski definition) is 3. The third-order valence-electron chi connectivity index (χ3n) is 4.19. The number of phenols is 1. The summed E-state index contributed by atoms with van der Waals surface area (Å²) in [6, 6.07) is 10.5. The van der Waals surface area contributed by atoms with Gasteiger partial charge in [0, 0.05) is 11.1 Å². The second-order valence-corrected chi connectivity index (χ2v) is 7.38. The zero-order chi connectivity index (χ0) is 19.3. The fourth-order valence-corrected chi connectivity index (χ4v) is 4.34. The standard InChI is InChI=1S/C19H10ClF2NO3S/c20-17-12(9-6-7-10(21)14(22)15(9)24)13-16(25)11(8-4-2-1-3-5-8)18(26)23-19(13)27-17/h1-7,24H,(H2,23,25,26). The van der Waals surface area contributed by atoms with Crippen LogP contribution in [0.3, 0.4) is 0 Å². The number of aromatic nitrogens is 1. The van der Waals surface area contributed by atoms with E-state index in [0.717, 1.165) is 23.5 Å². The molecule has 2 heterocycles. The molecule has 0 amide bonds. The molecule has 0 aliphatic carbocycles. The number of halogens is 3. The average Bonchev–Trinajstić information content (AvgIpc) is 2.97. The van der Waals surface area contributed by atoms with Crippen LogP contribution in [0.4, 0.5) is 8.78 Å². The molecule has 4 rings (SSSR count). The van der Waals surface area contributed by atoms with E-state index in [-0.39, 0.29) is 37.0 Å². The van der Waals surface area contributed by atoms with Crippen molar-refractivity contribution in [1.82, 2.24) is 4.98 Å². The van der Waals surface area contributed by atoms with Crippen LogP contribution < -0.4 is 5.56 Å². The molecule has 2 aromatic carbocycles. The Morgan fingerprint density at radius 3 is 2.37 bits per heavy atom. The molecule has 3 N–H and O–H groups in total. The van der Waals surface area contributed by atoms with Crippen LogP contribution in [-0.4, -0.2) is 15.2 Å². The van der Waals surface area contributed by atoms with Gasteiger partial charge in [0.2, 0.25) is 5.82 Å². The summed E-state index contributed by atoms with van der Waals surface area (Å²) in [6.07, 6.45) is 0. The summed E-state index contributed by atoms with van der Waals surface area (Å²) in [5, 5.41) is 21.0. The summed E-state index contributed by atoms with van der Waals surface area (Å²) in [7, 11) is 0. The smallest absolute Gasteiger partial charge is 0.260 e. The molecule has 4 aromatic rings. The maximum Gasteiger partial charge on any atom is 0.260 e. The van der Waals surface area contributed by atoms with Crippen molar-refractivity contribution < 1.29 is 19.0 Å². The van der Waals surface area contributed by atoms with Gasteiger partial charge < -0.3 is 15.2 Å². The van der Waals surface area contributed by atoms with Gasteiger partial charge in [0.15, 0.2) is 11.6 Å². The number of phenolic OH excluding ortho intramolecular Hbond substituents is 1. The van der Waals surface area contributed by atoms with Crippen molar-refractivity contribution in [2.75, 3.05) is 0 Å². The largest absolute Gasteiger partial charge is 0.506 e. The van der Waals surface area contributed by atoms with E-state index in [0.29, 0.717) is 5.56 Å². The lowest BCUT2D eigenvalue weighted by molar-refractivity contribution is 0.409. The zero-order valence-electron chi connectivity index (χ0n) is 13.4. The van der Waals surface area contributed by atoms with Crippen molar-refractivity contribution in [3.05, 3.63) is 68.8 Å². The number of hydrogen-bond acceptors (Lipinski definition) is 4. The molecule has 0 saturated carbocycles. The fourth-order valence-electron chi connectivity index (χ4n) is 2.97. The molecule has 4 nitrogen and oxygen atoms in total. The second-order valence-electron chi connectivity index (χ2n) is 5.76. The van der Waals surface area contributed by atoms with Gasteiger partial charge in [0.05, 0.1) is 10.9 Å². The monoisotopic (exact) mass is 405 g/mol. The van der Waals surface area contributed by atoms with Crippen molar-refractivity contribution in [2.24, 2.45) is 0 Å². The van der Waals surface area contributed by atoms with Crippen LogP contribution in [0.5, 0.6) is 11.5 Å². The Bertz CT molecular complexity index is 1250. The molecule has 0 spiro atoms. The Balaban J connectivity index is 2.11. The third kappa shape index (κ3) is 2.67. The SMILES string of the molecule is O=c1[nH]c2sc(Cl)c(-c3ccc(F)c(F)c3O)c2c(O)c1-c1ccccc1. The first kappa shape index (κ1) is 17.5. The molecule has 0 aliphatic heterocycles. The van der Waals surface area contributed by atoms with Crippen LogP contribution >= 0.6 is 22.9 Å². The normalized spacial score (nSPS) is 11.2. The van der Waals surface area contributed by atoms with Crippen LogP contribution in [-0.2, 0) is 0 Å². The topological polar surface area (TPSA) is 73.3 Å². The summed E-state index contributed by atoms with van der Waals surface area (Å²) < 4.78 is 27.3. The van der Waals surface area contributed by atoms with Gasteiger partial charge in [-0.15, -0.1) is 11.3 Å². The highest BCUT2D eigenvalue weighted by Crippen LogP contribution is 2.49. The minimum Gasteiger partial charge on any atom is -0.506 e. The van der Waals surface area contributed by atoms with Crippen LogP contribution in [0.15, 0.2) is 47.3 Å². The van der Waals surface area contributed by atoms with Crippen LogP contribution in [0.2, 0.25) is 4.34 Å². The number of pyridine rings is 1. The first-order valence-corrected chi connectivity index (χ1v) is 8.89. The Morgan fingerprint density at radius 2 is 1.67 bits per heavy atom. The minimum absolute atomic E-state index is 0.0147. The summed E-state index contributed by atoms with van der Waals surface area (Å²) >= 11 is 7.19. The lowest BCUT2D eigenvalue weighted by Crippen LogP contribution is -2.08. The van der Waals surface area contributed by atoms with Crippen LogP contribution in [0, 0.1) is 11.6 Å². The van der Waals surface area contributed by atoms with Crippen molar-refractivity contribution in [2.45, 2.75) is 0 Å². The van der Waals surface area contributed by atoms with Crippen molar-refractivity contribution in [1.29, 1.82) is 0 Å². The van der Waals surface area contributed by atoms with Crippen molar-refractivity contribution in [3.63, 3.8) is 0 Å². The van der Waals surface area contributed by atoms with E-state index in [1.165, 1.54) is 0 Å². The van der Waals surface area contributed by atoms with Gasteiger partial charge in [-0.05, 0) is 17.7 Å². The fraction of sp³-hybridized carbons (Fsp3) is 0. The molecular weight excluding hydrogens is 396 g/mol. The molecule has 2 aromatic heterocycles. The lowest BCUT2D eigenvalue weighted by Gasteiger charge is -2.09. The molecule has 0 radical (unpaired) electrons. The highest BCUT2D eigenvalue weighted by molar-refractivity contribution is 7.23. The van der Waals surface area contributed by atoms with Crippen molar-refractivity contribution >= 4 is 33.2 Å². The number of benzene rings is 2. The van der Waals surface area contributed by atoms with E-state index < -0.39 is 22.9 Å². The quantitative estimate of drug-likeness (QED) is 0.425. The predicted octanol–water partition coefficient (Wildman–Crippen LogP) is 5.27. The number of rotatable bonds is 2. The average molecular weight is 406 g/mol. The number of fused-ring (bicyclic) bond motifs is 1. The van der Waals surface area contributed by atoms with E-state index in [2.05, 4.69) is 4.98 Å². The maximum atomic E-state index is 13.8. The molecule has 0 aliphatic rings. The predicted molar refractivity (Wildman–Crippen MR) is 102 cm³/mol. The molecular formula is C19H10ClF2NO3S. The number of aromatic hydroxyl groups is 2. The van der Waals surface area contributed by atoms with E-state index in [4.69, 9.17) is 11.6 Å². The highest BCUT2D eigenvalue weighted by atomic mass is 35.5. The van der Waals surface area contributed by atoms with Gasteiger partial charge in [-0.2, -0.15) is 4.39 Å². The summed E-state index contributed by atoms with van der Waals surface area (Å²) in [4.78, 5) is 15.4. The zero-order valence-corrected chi connectivity index (χ0v) is 15.0. The lowest BCUT2D eigenvalue weighted by atomic mass is 10.00. The summed E-state index contributed by atoms with van der Waals surface area (Å²) in [5.41, 5.74) is -0.0162. The van der Waals surface area contributed by atoms with Gasteiger partial charge in [-0.1, -0.05) is 41.9 Å². The Hall–Kier alpha value is -2.90. The van der Waals surface area contributed by atoms with Crippen LogP contribution in [0.1, 0.15) is 0 Å². The number of nitrogens with one attached hydrogen (secondary N) is 1. The second kappa shape index (κ2) is 6.37. The summed E-state index contributed by atoms with van der Waals surface area (Å²) in [5.74, 6) is -3.92. The van der Waals surface area contributed by atoms with E-state index in [1.807, 2.05) is 0 Å². The number of H-pyrrole nitrogens is 1. The minimum atomic E-state index is -1.42. The molecule has 136 valence electrons. The third-order valence-corrected chi connectivity index (χ3v) is 5.51. The molecule has 0 fully saturated rings. The molecule has 8 heteroatoms. The maximum absolute atomic E-state index is 13.8. The Kier molecular flexibility index (Phi) is 4.13. The summed E-state index contributed by atoms with van der Waals surface area (Å²) in [6.45, 7) is 0. The molecule has 27 heavy (non-hydrogen) atoms. The van der Waals surface area contributed by atoms with Gasteiger partial charge in [-0.25, -0.2) is 4.39 Å². The van der Waals surface area contributed by atoms with Gasteiger partial charge in [0.1, 0.15) is 14.9 Å². The molecule has 0 bridgehead atoms.